The molecule has 4 heterocycles. The fraction of sp³-hybridized carbons (Fsp3) is 0.361. The summed E-state index contributed by atoms with van der Waals surface area (Å²) in [6.45, 7) is 11.6. The van der Waals surface area contributed by atoms with Gasteiger partial charge in [-0.1, -0.05) is 6.92 Å². The van der Waals surface area contributed by atoms with E-state index in [1.807, 2.05) is 31.5 Å². The summed E-state index contributed by atoms with van der Waals surface area (Å²) in [4.78, 5) is 34.2. The summed E-state index contributed by atoms with van der Waals surface area (Å²) in [6, 6.07) is 7.20. The number of nitrogens with one attached hydrogen (secondary N) is 1. The van der Waals surface area contributed by atoms with E-state index in [0.717, 1.165) is 75.1 Å². The number of amides is 1. The number of aryl methyl sites for hydroxylation is 2. The van der Waals surface area contributed by atoms with Crippen molar-refractivity contribution in [1.82, 2.24) is 19.9 Å². The Hall–Kier alpha value is -5.10. The molecule has 0 aliphatic carbocycles. The fourth-order valence-electron chi connectivity index (χ4n) is 5.50. The van der Waals surface area contributed by atoms with E-state index >= 15 is 4.39 Å². The molecule has 1 aliphatic rings. The Balaban J connectivity index is 0.000000705. The van der Waals surface area contributed by atoms with Crippen LogP contribution < -0.4 is 15.8 Å². The van der Waals surface area contributed by atoms with Crippen LogP contribution in [-0.2, 0) is 24.7 Å². The van der Waals surface area contributed by atoms with Crippen LogP contribution in [0.25, 0.3) is 33.4 Å². The van der Waals surface area contributed by atoms with Crippen LogP contribution in [-0.4, -0.2) is 62.2 Å². The molecule has 0 saturated heterocycles. The van der Waals surface area contributed by atoms with Gasteiger partial charge >= 0.3 is 0 Å². The van der Waals surface area contributed by atoms with E-state index < -0.39 is 11.5 Å². The van der Waals surface area contributed by atoms with Crippen LogP contribution >= 0.6 is 0 Å². The van der Waals surface area contributed by atoms with Gasteiger partial charge in [0.2, 0.25) is 0 Å². The Morgan fingerprint density at radius 3 is 2.54 bits per heavy atom. The molecule has 0 saturated carbocycles. The Labute approximate surface area is 280 Å². The molecule has 11 nitrogen and oxygen atoms in total. The van der Waals surface area contributed by atoms with Crippen LogP contribution in [0.1, 0.15) is 67.0 Å². The summed E-state index contributed by atoms with van der Waals surface area (Å²) in [5.74, 6) is -0.423. The predicted molar refractivity (Wildman–Crippen MR) is 187 cm³/mol. The van der Waals surface area contributed by atoms with Gasteiger partial charge in [-0.05, 0) is 113 Å². The number of aromatic nitrogens is 3. The van der Waals surface area contributed by atoms with E-state index in [-0.39, 0.29) is 23.8 Å². The highest BCUT2D eigenvalue weighted by molar-refractivity contribution is 6.06. The Morgan fingerprint density at radius 2 is 1.92 bits per heavy atom. The maximum absolute atomic E-state index is 15.4. The van der Waals surface area contributed by atoms with Crippen LogP contribution in [0.5, 0.6) is 5.75 Å². The number of amidine groups is 1. The highest BCUT2D eigenvalue weighted by Gasteiger charge is 2.25. The zero-order chi connectivity index (χ0) is 35.8. The largest absolute Gasteiger partial charge is 0.490 e. The second-order valence-corrected chi connectivity index (χ2v) is 12.2. The van der Waals surface area contributed by atoms with Crippen molar-refractivity contribution in [2.75, 3.05) is 13.7 Å². The Morgan fingerprint density at radius 1 is 1.25 bits per heavy atom. The van der Waals surface area contributed by atoms with Crippen LogP contribution in [0.3, 0.4) is 0 Å². The number of hydrogen-bond acceptors (Lipinski definition) is 7. The zero-order valence-electron chi connectivity index (χ0n) is 28.8. The van der Waals surface area contributed by atoms with Gasteiger partial charge in [0, 0.05) is 42.5 Å². The van der Waals surface area contributed by atoms with Crippen molar-refractivity contribution in [3.05, 3.63) is 76.6 Å². The number of carbonyl (C=O) groups excluding carboxylic acids is 1. The molecule has 3 aromatic heterocycles. The third-order valence-corrected chi connectivity index (χ3v) is 7.47. The Bertz CT molecular complexity index is 1850. The topological polar surface area (TPSA) is 165 Å². The van der Waals surface area contributed by atoms with Gasteiger partial charge in [-0.2, -0.15) is 4.99 Å². The molecular weight excluding hydrogens is 615 g/mol. The van der Waals surface area contributed by atoms with Gasteiger partial charge in [0.25, 0.3) is 12.4 Å². The average molecular weight is 661 g/mol. The van der Waals surface area contributed by atoms with Crippen LogP contribution in [0.4, 0.5) is 4.39 Å². The van der Waals surface area contributed by atoms with Gasteiger partial charge in [0.15, 0.2) is 11.6 Å². The minimum Gasteiger partial charge on any atom is -0.490 e. The van der Waals surface area contributed by atoms with Gasteiger partial charge in [0.1, 0.15) is 17.2 Å². The average Bonchev–Trinajstić information content (AvgIpc) is 3.36. The molecule has 0 radical (unpaired) electrons. The maximum atomic E-state index is 15.4. The second-order valence-electron chi connectivity index (χ2n) is 12.2. The van der Waals surface area contributed by atoms with Crippen molar-refractivity contribution >= 4 is 29.2 Å². The molecule has 0 bridgehead atoms. The lowest BCUT2D eigenvalue weighted by Gasteiger charge is -2.23. The summed E-state index contributed by atoms with van der Waals surface area (Å²) in [5, 5.41) is 19.1. The highest BCUT2D eigenvalue weighted by atomic mass is 19.1. The minimum atomic E-state index is -0.538. The van der Waals surface area contributed by atoms with Gasteiger partial charge in [-0.3, -0.25) is 14.6 Å². The summed E-state index contributed by atoms with van der Waals surface area (Å²) < 4.78 is 23.0. The molecule has 256 valence electrons. The van der Waals surface area contributed by atoms with Gasteiger partial charge in [0.05, 0.1) is 17.9 Å². The van der Waals surface area contributed by atoms with E-state index in [4.69, 9.17) is 30.5 Å². The standard InChI is InChI=1S/C31H33FN6O2.C4H10O.CH2O2/c1-6-20-18(3)36-30-23(28(20)22-15-24(32)29-21(17(22)2)8-7-13-40-29)16-26(38(30)5)19-9-12-35-25(14-19)31(39)37-27(33)10-11-34-4;1-4(2,3)5;2-1-3/h9-12,14-16,34H,6-8,13H2,1-5H3,(H2,33,37,39);5H,1-3H3;1H,(H,2,3)/b11-10-;;. The number of carboxylic acid groups (broad SMARTS) is 1. The quantitative estimate of drug-likeness (QED) is 0.116. The molecule has 1 aromatic carbocycles. The summed E-state index contributed by atoms with van der Waals surface area (Å²) >= 11 is 0. The summed E-state index contributed by atoms with van der Waals surface area (Å²) in [5.41, 5.74) is 13.7. The maximum Gasteiger partial charge on any atom is 0.297 e. The minimum absolute atomic E-state index is 0.0746. The number of aliphatic hydroxyl groups is 1. The summed E-state index contributed by atoms with van der Waals surface area (Å²) in [6.07, 6.45) is 7.07. The normalized spacial score (nSPS) is 12.8. The predicted octanol–water partition coefficient (Wildman–Crippen LogP) is 5.65. The zero-order valence-corrected chi connectivity index (χ0v) is 28.8. The molecule has 0 fully saturated rings. The molecule has 5 N–H and O–H groups in total. The number of nitrogens with zero attached hydrogens (tertiary/aromatic N) is 4. The third kappa shape index (κ3) is 8.82. The molecule has 4 aromatic rings. The van der Waals surface area contributed by atoms with Crippen molar-refractivity contribution in [3.63, 3.8) is 0 Å². The number of hydrogen-bond donors (Lipinski definition) is 4. The smallest absolute Gasteiger partial charge is 0.297 e. The number of benzene rings is 1. The van der Waals surface area contributed by atoms with E-state index in [2.05, 4.69) is 28.3 Å². The van der Waals surface area contributed by atoms with Crippen molar-refractivity contribution in [2.24, 2.45) is 17.8 Å². The first-order valence-corrected chi connectivity index (χ1v) is 15.6. The molecule has 48 heavy (non-hydrogen) atoms. The molecule has 12 heteroatoms. The SMILES string of the molecule is CC(C)(C)O.CCc1c(C)nc2c(cc(-c3ccnc(C(=O)N=C(N)/C=C\NC)c3)n2C)c1-c1cc(F)c2c(c1C)CCCO2.O=CO. The fourth-order valence-corrected chi connectivity index (χ4v) is 5.50. The third-order valence-electron chi connectivity index (χ3n) is 7.47. The highest BCUT2D eigenvalue weighted by Crippen LogP contribution is 2.43. The van der Waals surface area contributed by atoms with Crippen molar-refractivity contribution in [3.8, 4) is 28.1 Å². The van der Waals surface area contributed by atoms with Gasteiger partial charge in [-0.25, -0.2) is 9.37 Å². The molecular formula is C36H45FN6O5. The van der Waals surface area contributed by atoms with Gasteiger partial charge in [-0.15, -0.1) is 0 Å². The molecule has 1 amide bonds. The number of halogens is 1. The molecule has 0 atom stereocenters. The van der Waals surface area contributed by atoms with E-state index in [0.29, 0.717) is 12.4 Å². The lowest BCUT2D eigenvalue weighted by atomic mass is 9.87. The van der Waals surface area contributed by atoms with Crippen molar-refractivity contribution in [1.29, 1.82) is 0 Å². The van der Waals surface area contributed by atoms with Crippen LogP contribution in [0.15, 0.2) is 47.7 Å². The number of ether oxygens (including phenoxy) is 1. The molecule has 0 spiro atoms. The van der Waals surface area contributed by atoms with Crippen LogP contribution in [0, 0.1) is 19.7 Å². The second kappa shape index (κ2) is 16.1. The lowest BCUT2D eigenvalue weighted by molar-refractivity contribution is -0.122. The first kappa shape index (κ1) is 37.4. The number of nitrogens with two attached hydrogens (primary N) is 1. The van der Waals surface area contributed by atoms with Gasteiger partial charge < -0.3 is 30.6 Å². The molecule has 5 rings (SSSR count). The van der Waals surface area contributed by atoms with E-state index in [1.165, 1.54) is 6.08 Å². The number of fused-ring (bicyclic) bond motifs is 2. The summed E-state index contributed by atoms with van der Waals surface area (Å²) in [7, 11) is 3.66. The lowest BCUT2D eigenvalue weighted by Crippen LogP contribution is -2.13. The number of aliphatic imine (C=N–C) groups is 1. The number of pyridine rings is 2. The molecule has 1 aliphatic heterocycles. The van der Waals surface area contributed by atoms with E-state index in [1.54, 1.807) is 52.3 Å². The monoisotopic (exact) mass is 660 g/mol. The first-order chi connectivity index (χ1) is 22.7. The Kier molecular flexibility index (Phi) is 12.6. The van der Waals surface area contributed by atoms with Crippen molar-refractivity contribution < 1.29 is 28.9 Å². The van der Waals surface area contributed by atoms with Crippen LogP contribution in [0.2, 0.25) is 0 Å². The molecule has 0 unspecified atom stereocenters. The first-order valence-electron chi connectivity index (χ1n) is 15.6. The number of carbonyl (C=O) groups is 2. The number of rotatable bonds is 6. The van der Waals surface area contributed by atoms with E-state index in [9.17, 15) is 4.79 Å². The van der Waals surface area contributed by atoms with Crippen molar-refractivity contribution in [2.45, 2.75) is 66.4 Å².